The average molecular weight is 305 g/mol. The lowest BCUT2D eigenvalue weighted by Gasteiger charge is -2.32. The number of ether oxygens (including phenoxy) is 1. The van der Waals surface area contributed by atoms with E-state index < -0.39 is 37.9 Å². The molecule has 0 heterocycles. The van der Waals surface area contributed by atoms with Gasteiger partial charge < -0.3 is 20.3 Å². The summed E-state index contributed by atoms with van der Waals surface area (Å²) in [5.74, 6) is -1.25. The first kappa shape index (κ1) is 18.9. The van der Waals surface area contributed by atoms with Crippen molar-refractivity contribution >= 4 is 20.1 Å². The fraction of sp³-hybridized carbons (Fsp3) is 0.846. The average Bonchev–Trinajstić information content (AvgIpc) is 2.19. The number of alkyl carbamates (subject to hydrolysis) is 1. The van der Waals surface area contributed by atoms with Gasteiger partial charge in [-0.2, -0.15) is 0 Å². The van der Waals surface area contributed by atoms with Crippen LogP contribution in [0.4, 0.5) is 4.79 Å². The van der Waals surface area contributed by atoms with Gasteiger partial charge in [0.05, 0.1) is 6.61 Å². The van der Waals surface area contributed by atoms with Gasteiger partial charge in [-0.3, -0.25) is 0 Å². The summed E-state index contributed by atoms with van der Waals surface area (Å²) in [5, 5.41) is 21.1. The first-order valence-electron chi connectivity index (χ1n) is 6.67. The summed E-state index contributed by atoms with van der Waals surface area (Å²) in [6.07, 6.45) is -0.641. The first-order valence-corrected chi connectivity index (χ1v) is 10.4. The monoisotopic (exact) mass is 305 g/mol. The molecular weight excluding hydrogens is 278 g/mol. The quantitative estimate of drug-likeness (QED) is 0.653. The van der Waals surface area contributed by atoms with E-state index in [0.717, 1.165) is 0 Å². The van der Waals surface area contributed by atoms with Gasteiger partial charge in [-0.1, -0.05) is 25.7 Å². The second-order valence-corrected chi connectivity index (χ2v) is 12.9. The predicted molar refractivity (Wildman–Crippen MR) is 79.6 cm³/mol. The van der Waals surface area contributed by atoms with Crippen molar-refractivity contribution in [3.63, 3.8) is 0 Å². The molecule has 6 nitrogen and oxygen atoms in total. The van der Waals surface area contributed by atoms with Gasteiger partial charge in [0.15, 0.2) is 5.54 Å². The summed E-state index contributed by atoms with van der Waals surface area (Å²) in [6, 6.07) is 0.676. The maximum Gasteiger partial charge on any atom is 0.408 e. The SMILES string of the molecule is CC(C)(C)OC(=O)N[C@](CO)(CC[Si](C)(C)C)C(=O)O. The van der Waals surface area contributed by atoms with Crippen LogP contribution in [0.3, 0.4) is 0 Å². The zero-order chi connectivity index (χ0) is 16.2. The molecule has 0 radical (unpaired) electrons. The number of carboxylic acids is 1. The third-order valence-corrected chi connectivity index (χ3v) is 4.47. The summed E-state index contributed by atoms with van der Waals surface area (Å²) in [7, 11) is -1.49. The van der Waals surface area contributed by atoms with E-state index in [0.29, 0.717) is 6.04 Å². The van der Waals surface area contributed by atoms with Gasteiger partial charge in [0.25, 0.3) is 0 Å². The van der Waals surface area contributed by atoms with Gasteiger partial charge in [0, 0.05) is 8.07 Å². The number of carbonyl (C=O) groups is 2. The molecule has 0 aliphatic rings. The van der Waals surface area contributed by atoms with E-state index in [1.165, 1.54) is 0 Å². The molecule has 0 aromatic rings. The second kappa shape index (κ2) is 6.58. The minimum atomic E-state index is -1.68. The zero-order valence-electron chi connectivity index (χ0n) is 13.2. The summed E-state index contributed by atoms with van der Waals surface area (Å²) < 4.78 is 5.06. The van der Waals surface area contributed by atoms with E-state index in [-0.39, 0.29) is 6.42 Å². The molecule has 0 unspecified atom stereocenters. The maximum atomic E-state index is 11.8. The van der Waals surface area contributed by atoms with Crippen molar-refractivity contribution in [3.05, 3.63) is 0 Å². The van der Waals surface area contributed by atoms with Crippen LogP contribution in [0, 0.1) is 0 Å². The number of amides is 1. The molecule has 20 heavy (non-hydrogen) atoms. The van der Waals surface area contributed by atoms with Crippen molar-refractivity contribution < 1.29 is 24.5 Å². The Morgan fingerprint density at radius 1 is 1.20 bits per heavy atom. The van der Waals surface area contributed by atoms with Crippen molar-refractivity contribution in [2.24, 2.45) is 0 Å². The van der Waals surface area contributed by atoms with Crippen LogP contribution in [0.2, 0.25) is 25.7 Å². The highest BCUT2D eigenvalue weighted by Gasteiger charge is 2.41. The Morgan fingerprint density at radius 2 is 1.70 bits per heavy atom. The zero-order valence-corrected chi connectivity index (χ0v) is 14.2. The minimum Gasteiger partial charge on any atom is -0.479 e. The largest absolute Gasteiger partial charge is 0.479 e. The van der Waals surface area contributed by atoms with Crippen molar-refractivity contribution in [2.75, 3.05) is 6.61 Å². The van der Waals surface area contributed by atoms with Crippen LogP contribution in [-0.2, 0) is 9.53 Å². The van der Waals surface area contributed by atoms with E-state index in [1.807, 2.05) is 0 Å². The lowest BCUT2D eigenvalue weighted by atomic mass is 9.98. The number of hydrogen-bond acceptors (Lipinski definition) is 4. The van der Waals surface area contributed by atoms with Crippen LogP contribution in [0.25, 0.3) is 0 Å². The summed E-state index contributed by atoms with van der Waals surface area (Å²) in [5.41, 5.74) is -2.40. The lowest BCUT2D eigenvalue weighted by molar-refractivity contribution is -0.146. The number of carbonyl (C=O) groups excluding carboxylic acids is 1. The van der Waals surface area contributed by atoms with Crippen molar-refractivity contribution in [3.8, 4) is 0 Å². The highest BCUT2D eigenvalue weighted by Crippen LogP contribution is 2.21. The molecule has 1 atom stereocenters. The molecule has 0 aliphatic carbocycles. The number of rotatable bonds is 6. The second-order valence-electron chi connectivity index (χ2n) is 7.23. The highest BCUT2D eigenvalue weighted by atomic mass is 28.3. The molecule has 0 rings (SSSR count). The fourth-order valence-corrected chi connectivity index (χ4v) is 2.67. The smallest absolute Gasteiger partial charge is 0.408 e. The summed E-state index contributed by atoms with van der Waals surface area (Å²) in [6.45, 7) is 10.7. The van der Waals surface area contributed by atoms with Gasteiger partial charge in [-0.25, -0.2) is 9.59 Å². The molecule has 0 spiro atoms. The molecular formula is C13H27NO5Si. The number of nitrogens with one attached hydrogen (secondary N) is 1. The van der Waals surface area contributed by atoms with Gasteiger partial charge in [0.1, 0.15) is 5.60 Å². The predicted octanol–water partition coefficient (Wildman–Crippen LogP) is 2.06. The number of aliphatic hydroxyl groups excluding tert-OH is 1. The molecule has 0 saturated carbocycles. The van der Waals surface area contributed by atoms with E-state index in [1.54, 1.807) is 20.8 Å². The van der Waals surface area contributed by atoms with Crippen LogP contribution >= 0.6 is 0 Å². The Balaban J connectivity index is 4.96. The molecule has 3 N–H and O–H groups in total. The molecule has 0 bridgehead atoms. The van der Waals surface area contributed by atoms with E-state index in [2.05, 4.69) is 25.0 Å². The highest BCUT2D eigenvalue weighted by molar-refractivity contribution is 6.76. The summed E-state index contributed by atoms with van der Waals surface area (Å²) in [4.78, 5) is 23.2. The molecule has 0 aliphatic heterocycles. The Labute approximate surface area is 121 Å². The van der Waals surface area contributed by atoms with Gasteiger partial charge in [-0.15, -0.1) is 0 Å². The minimum absolute atomic E-state index is 0.188. The molecule has 0 aromatic carbocycles. The van der Waals surface area contributed by atoms with Crippen molar-refractivity contribution in [2.45, 2.75) is 64.0 Å². The number of hydrogen-bond donors (Lipinski definition) is 3. The van der Waals surface area contributed by atoms with Crippen molar-refractivity contribution in [1.29, 1.82) is 0 Å². The number of aliphatic carboxylic acids is 1. The van der Waals surface area contributed by atoms with Gasteiger partial charge in [-0.05, 0) is 27.2 Å². The van der Waals surface area contributed by atoms with E-state index >= 15 is 0 Å². The first-order chi connectivity index (χ1) is 8.81. The molecule has 7 heteroatoms. The topological polar surface area (TPSA) is 95.9 Å². The molecule has 0 fully saturated rings. The van der Waals surface area contributed by atoms with Crippen molar-refractivity contribution in [1.82, 2.24) is 5.32 Å². The third kappa shape index (κ3) is 6.90. The van der Waals surface area contributed by atoms with E-state index in [4.69, 9.17) is 4.74 Å². The molecule has 0 saturated heterocycles. The van der Waals surface area contributed by atoms with E-state index in [9.17, 15) is 19.8 Å². The third-order valence-electron chi connectivity index (χ3n) is 2.72. The standard InChI is InChI=1S/C13H27NO5Si/c1-12(2,3)19-11(18)14-13(9-15,10(16)17)7-8-20(4,5)6/h15H,7-9H2,1-6H3,(H,14,18)(H,16,17)/t13-/m0/s1. The molecule has 0 aromatic heterocycles. The van der Waals surface area contributed by atoms with Gasteiger partial charge >= 0.3 is 12.1 Å². The number of aliphatic hydroxyl groups is 1. The Morgan fingerprint density at radius 3 is 2.00 bits per heavy atom. The maximum absolute atomic E-state index is 11.8. The number of carboxylic acid groups (broad SMARTS) is 1. The van der Waals surface area contributed by atoms with Crippen LogP contribution in [0.5, 0.6) is 0 Å². The Kier molecular flexibility index (Phi) is 6.22. The van der Waals surface area contributed by atoms with Crippen LogP contribution in [-0.4, -0.2) is 48.1 Å². The lowest BCUT2D eigenvalue weighted by Crippen LogP contribution is -2.58. The normalized spacial score (nSPS) is 15.3. The van der Waals surface area contributed by atoms with Crippen LogP contribution < -0.4 is 5.32 Å². The molecule has 118 valence electrons. The van der Waals surface area contributed by atoms with Crippen LogP contribution in [0.15, 0.2) is 0 Å². The van der Waals surface area contributed by atoms with Gasteiger partial charge in [0.2, 0.25) is 0 Å². The fourth-order valence-electron chi connectivity index (χ4n) is 1.50. The van der Waals surface area contributed by atoms with Crippen LogP contribution in [0.1, 0.15) is 27.2 Å². The Hall–Kier alpha value is -1.08. The summed E-state index contributed by atoms with van der Waals surface area (Å²) >= 11 is 0. The molecule has 1 amide bonds. The Bertz CT molecular complexity index is 359.